The third-order valence-corrected chi connectivity index (χ3v) is 3.06. The van der Waals surface area contributed by atoms with E-state index >= 15 is 0 Å². The number of nitrogens with zero attached hydrogens (tertiary/aromatic N) is 2. The number of phenols is 1. The molecule has 1 heterocycles. The van der Waals surface area contributed by atoms with Crippen LogP contribution in [0.1, 0.15) is 0 Å². The van der Waals surface area contributed by atoms with Crippen LogP contribution in [-0.2, 0) is 0 Å². The first-order chi connectivity index (χ1) is 9.24. The highest BCUT2D eigenvalue weighted by atomic mass is 35.5. The van der Waals surface area contributed by atoms with Crippen LogP contribution in [0.2, 0.25) is 5.02 Å². The number of hydrogen-bond acceptors (Lipinski definition) is 4. The van der Waals surface area contributed by atoms with Gasteiger partial charge in [-0.2, -0.15) is 0 Å². The molecular weight excluding hydrogens is 262 g/mol. The van der Waals surface area contributed by atoms with E-state index in [1.165, 1.54) is 12.4 Å². The van der Waals surface area contributed by atoms with Crippen molar-refractivity contribution in [2.45, 2.75) is 0 Å². The Labute approximate surface area is 114 Å². The summed E-state index contributed by atoms with van der Waals surface area (Å²) in [6, 6.07) is 12.6. The number of rotatable bonds is 2. The fourth-order valence-corrected chi connectivity index (χ4v) is 2.01. The highest BCUT2D eigenvalue weighted by Crippen LogP contribution is 2.29. The second-order valence-electron chi connectivity index (χ2n) is 4.03. The molecular formula is C14H10ClN3O. The van der Waals surface area contributed by atoms with Crippen molar-refractivity contribution >= 4 is 34.0 Å². The topological polar surface area (TPSA) is 58.0 Å². The molecule has 0 aliphatic carbocycles. The number of aromatic hydroxyl groups is 1. The maximum Gasteiger partial charge on any atom is 0.141 e. The number of nitrogens with one attached hydrogen (secondary N) is 1. The Morgan fingerprint density at radius 3 is 2.74 bits per heavy atom. The van der Waals surface area contributed by atoms with Gasteiger partial charge in [0, 0.05) is 11.1 Å². The minimum absolute atomic E-state index is 0.0553. The van der Waals surface area contributed by atoms with Crippen molar-refractivity contribution in [3.05, 3.63) is 53.8 Å². The summed E-state index contributed by atoms with van der Waals surface area (Å²) in [5.41, 5.74) is 1.62. The molecule has 0 saturated carbocycles. The summed E-state index contributed by atoms with van der Waals surface area (Å²) in [6.07, 6.45) is 1.51. The van der Waals surface area contributed by atoms with Crippen LogP contribution >= 0.6 is 11.6 Å². The zero-order valence-electron chi connectivity index (χ0n) is 9.84. The van der Waals surface area contributed by atoms with Gasteiger partial charge in [-0.15, -0.1) is 0 Å². The molecule has 0 aliphatic rings. The van der Waals surface area contributed by atoms with E-state index in [2.05, 4.69) is 15.3 Å². The largest absolute Gasteiger partial charge is 0.506 e. The number of aromatic nitrogens is 2. The average molecular weight is 272 g/mol. The van der Waals surface area contributed by atoms with Crippen LogP contribution in [0, 0.1) is 0 Å². The summed E-state index contributed by atoms with van der Waals surface area (Å²) >= 11 is 5.88. The average Bonchev–Trinajstić information content (AvgIpc) is 2.43. The Kier molecular flexibility index (Phi) is 2.93. The third-order valence-electron chi connectivity index (χ3n) is 2.75. The number of phenolic OH excluding ortho intramolecular Hbond substituents is 1. The van der Waals surface area contributed by atoms with Crippen molar-refractivity contribution in [1.29, 1.82) is 0 Å². The standard InChI is InChI=1S/C14H10ClN3O/c15-11-7-9(5-6-13(11)19)18-14-10-3-1-2-4-12(10)16-8-17-14/h1-8,19H,(H,16,17,18). The molecule has 0 atom stereocenters. The van der Waals surface area contributed by atoms with Gasteiger partial charge in [-0.1, -0.05) is 23.7 Å². The molecule has 3 rings (SSSR count). The summed E-state index contributed by atoms with van der Waals surface area (Å²) in [4.78, 5) is 8.42. The van der Waals surface area contributed by atoms with Crippen LogP contribution < -0.4 is 5.32 Å². The summed E-state index contributed by atoms with van der Waals surface area (Å²) in [7, 11) is 0. The zero-order chi connectivity index (χ0) is 13.2. The van der Waals surface area contributed by atoms with Crippen molar-refractivity contribution in [2.24, 2.45) is 0 Å². The number of benzene rings is 2. The zero-order valence-corrected chi connectivity index (χ0v) is 10.6. The van der Waals surface area contributed by atoms with Gasteiger partial charge in [-0.05, 0) is 30.3 Å². The maximum atomic E-state index is 9.40. The molecule has 0 aliphatic heterocycles. The van der Waals surface area contributed by atoms with Crippen LogP contribution in [-0.4, -0.2) is 15.1 Å². The molecule has 94 valence electrons. The predicted octanol–water partition coefficient (Wildman–Crippen LogP) is 3.73. The summed E-state index contributed by atoms with van der Waals surface area (Å²) in [5, 5.41) is 13.8. The predicted molar refractivity (Wildman–Crippen MR) is 75.9 cm³/mol. The lowest BCUT2D eigenvalue weighted by Crippen LogP contribution is -1.95. The first-order valence-corrected chi connectivity index (χ1v) is 6.07. The van der Waals surface area contributed by atoms with E-state index in [1.807, 2.05) is 24.3 Å². The number of para-hydroxylation sites is 1. The van der Waals surface area contributed by atoms with E-state index in [4.69, 9.17) is 11.6 Å². The Hall–Kier alpha value is -2.33. The van der Waals surface area contributed by atoms with Gasteiger partial charge in [0.1, 0.15) is 17.9 Å². The van der Waals surface area contributed by atoms with E-state index < -0.39 is 0 Å². The molecule has 2 N–H and O–H groups in total. The second-order valence-corrected chi connectivity index (χ2v) is 4.44. The molecule has 2 aromatic carbocycles. The van der Waals surface area contributed by atoms with Gasteiger partial charge < -0.3 is 10.4 Å². The van der Waals surface area contributed by atoms with Gasteiger partial charge in [-0.25, -0.2) is 9.97 Å². The molecule has 0 bridgehead atoms. The van der Waals surface area contributed by atoms with Crippen LogP contribution in [0.4, 0.5) is 11.5 Å². The number of halogens is 1. The molecule has 0 fully saturated rings. The van der Waals surface area contributed by atoms with Gasteiger partial charge in [-0.3, -0.25) is 0 Å². The maximum absolute atomic E-state index is 9.40. The monoisotopic (exact) mass is 271 g/mol. The first-order valence-electron chi connectivity index (χ1n) is 5.69. The van der Waals surface area contributed by atoms with Crippen LogP contribution in [0.5, 0.6) is 5.75 Å². The number of fused-ring (bicyclic) bond motifs is 1. The van der Waals surface area contributed by atoms with Gasteiger partial charge in [0.15, 0.2) is 0 Å². The number of hydrogen-bond donors (Lipinski definition) is 2. The Morgan fingerprint density at radius 1 is 1.05 bits per heavy atom. The lowest BCUT2D eigenvalue weighted by molar-refractivity contribution is 0.475. The van der Waals surface area contributed by atoms with Gasteiger partial charge in [0.05, 0.1) is 10.5 Å². The lowest BCUT2D eigenvalue weighted by atomic mass is 10.2. The third kappa shape index (κ3) is 2.30. The van der Waals surface area contributed by atoms with Crippen molar-refractivity contribution in [3.8, 4) is 5.75 Å². The van der Waals surface area contributed by atoms with E-state index in [1.54, 1.807) is 12.1 Å². The molecule has 5 heteroatoms. The van der Waals surface area contributed by atoms with Crippen molar-refractivity contribution in [3.63, 3.8) is 0 Å². The van der Waals surface area contributed by atoms with Crippen LogP contribution in [0.15, 0.2) is 48.8 Å². The number of anilines is 2. The van der Waals surface area contributed by atoms with E-state index in [0.29, 0.717) is 10.8 Å². The molecule has 19 heavy (non-hydrogen) atoms. The summed E-state index contributed by atoms with van der Waals surface area (Å²) in [5.74, 6) is 0.757. The van der Waals surface area contributed by atoms with Crippen molar-refractivity contribution in [2.75, 3.05) is 5.32 Å². The second kappa shape index (κ2) is 4.74. The van der Waals surface area contributed by atoms with Gasteiger partial charge in [0.25, 0.3) is 0 Å². The van der Waals surface area contributed by atoms with Gasteiger partial charge >= 0.3 is 0 Å². The minimum Gasteiger partial charge on any atom is -0.506 e. The normalized spacial score (nSPS) is 10.6. The van der Waals surface area contributed by atoms with E-state index in [0.717, 1.165) is 16.6 Å². The summed E-state index contributed by atoms with van der Waals surface area (Å²) in [6.45, 7) is 0. The smallest absolute Gasteiger partial charge is 0.141 e. The lowest BCUT2D eigenvalue weighted by Gasteiger charge is -2.08. The Morgan fingerprint density at radius 2 is 1.89 bits per heavy atom. The molecule has 1 aromatic heterocycles. The van der Waals surface area contributed by atoms with E-state index in [9.17, 15) is 5.11 Å². The van der Waals surface area contributed by atoms with Crippen molar-refractivity contribution < 1.29 is 5.11 Å². The molecule has 0 amide bonds. The fourth-order valence-electron chi connectivity index (χ4n) is 1.83. The quantitative estimate of drug-likeness (QED) is 0.697. The fraction of sp³-hybridized carbons (Fsp3) is 0. The molecule has 4 nitrogen and oxygen atoms in total. The molecule has 3 aromatic rings. The Bertz CT molecular complexity index is 740. The molecule has 0 unspecified atom stereocenters. The van der Waals surface area contributed by atoms with Crippen LogP contribution in [0.25, 0.3) is 10.9 Å². The van der Waals surface area contributed by atoms with Crippen LogP contribution in [0.3, 0.4) is 0 Å². The van der Waals surface area contributed by atoms with E-state index in [-0.39, 0.29) is 5.75 Å². The highest BCUT2D eigenvalue weighted by Gasteiger charge is 2.05. The van der Waals surface area contributed by atoms with Gasteiger partial charge in [0.2, 0.25) is 0 Å². The first kappa shape index (κ1) is 11.7. The molecule has 0 spiro atoms. The summed E-state index contributed by atoms with van der Waals surface area (Å²) < 4.78 is 0. The highest BCUT2D eigenvalue weighted by molar-refractivity contribution is 6.32. The SMILES string of the molecule is Oc1ccc(Nc2ncnc3ccccc23)cc1Cl. The van der Waals surface area contributed by atoms with Crippen molar-refractivity contribution in [1.82, 2.24) is 9.97 Å². The minimum atomic E-state index is 0.0553. The molecule has 0 radical (unpaired) electrons. The Balaban J connectivity index is 2.03. The molecule has 0 saturated heterocycles.